The predicted octanol–water partition coefficient (Wildman–Crippen LogP) is 4.00. The third kappa shape index (κ3) is 4.27. The molecule has 1 fully saturated rings. The zero-order valence-corrected chi connectivity index (χ0v) is 22.1. The fourth-order valence-electron chi connectivity index (χ4n) is 3.50. The zero-order valence-electron chi connectivity index (χ0n) is 18.1. The largest absolute Gasteiger partial charge is 0.403 e. The lowest BCUT2D eigenvalue weighted by atomic mass is 10.4. The van der Waals surface area contributed by atoms with Crippen LogP contribution < -0.4 is 10.4 Å². The molecule has 0 N–H and O–H groups in total. The number of benzene rings is 2. The molecule has 0 spiro atoms. The van der Waals surface area contributed by atoms with Gasteiger partial charge in [-0.3, -0.25) is 0 Å². The average molecular weight is 493 g/mol. The zero-order chi connectivity index (χ0) is 23.3. The van der Waals surface area contributed by atoms with Gasteiger partial charge in [0.1, 0.15) is 0 Å². The van der Waals surface area contributed by atoms with E-state index >= 15 is 0 Å². The highest BCUT2D eigenvalue weighted by molar-refractivity contribution is 7.08. The average Bonchev–Trinajstić information content (AvgIpc) is 2.86. The molecule has 1 saturated heterocycles. The number of rotatable bonds is 8. The summed E-state index contributed by atoms with van der Waals surface area (Å²) in [5, 5.41) is 1.82. The third-order valence-corrected chi connectivity index (χ3v) is 20.8. The van der Waals surface area contributed by atoms with Crippen LogP contribution in [-0.4, -0.2) is 34.2 Å². The molecule has 0 aromatic heterocycles. The molecule has 8 heteroatoms. The van der Waals surface area contributed by atoms with Crippen molar-refractivity contribution >= 4 is 44.6 Å². The Morgan fingerprint density at radius 2 is 0.719 bits per heavy atom. The quantitative estimate of drug-likeness (QED) is 0.522. The maximum atomic E-state index is 7.05. The van der Waals surface area contributed by atoms with Crippen LogP contribution >= 0.6 is 0 Å². The molecule has 1 aliphatic heterocycles. The van der Waals surface area contributed by atoms with Crippen LogP contribution in [0.1, 0.15) is 0 Å². The van der Waals surface area contributed by atoms with Gasteiger partial charge in [-0.05, 0) is 44.6 Å². The molecule has 164 valence electrons. The van der Waals surface area contributed by atoms with E-state index in [1.54, 1.807) is 34.2 Å². The Kier molecular flexibility index (Phi) is 7.28. The molecule has 0 aliphatic carbocycles. The fraction of sp³-hybridized carbons (Fsp3) is 0. The van der Waals surface area contributed by atoms with Gasteiger partial charge in [-0.15, -0.1) is 39.5 Å². The van der Waals surface area contributed by atoms with Crippen molar-refractivity contribution in [3.63, 3.8) is 0 Å². The van der Waals surface area contributed by atoms with Gasteiger partial charge in [-0.1, -0.05) is 60.7 Å². The summed E-state index contributed by atoms with van der Waals surface area (Å²) in [5.74, 6) is 0. The van der Waals surface area contributed by atoms with E-state index in [-0.39, 0.29) is 0 Å². The van der Waals surface area contributed by atoms with Gasteiger partial charge in [0.05, 0.1) is 0 Å². The van der Waals surface area contributed by atoms with E-state index < -0.39 is 34.2 Å². The van der Waals surface area contributed by atoms with Crippen molar-refractivity contribution in [2.45, 2.75) is 0 Å². The first-order valence-corrected chi connectivity index (χ1v) is 17.9. The molecular weight excluding hydrogens is 465 g/mol. The van der Waals surface area contributed by atoms with Crippen LogP contribution in [0.15, 0.2) is 134 Å². The second-order valence-electron chi connectivity index (χ2n) is 7.15. The minimum atomic E-state index is -3.42. The Morgan fingerprint density at radius 3 is 1.00 bits per heavy atom. The van der Waals surface area contributed by atoms with Crippen molar-refractivity contribution in [1.29, 1.82) is 0 Å². The predicted molar refractivity (Wildman–Crippen MR) is 141 cm³/mol. The summed E-state index contributed by atoms with van der Waals surface area (Å²) < 4.78 is 27.5. The topological polar surface area (TPSA) is 36.9 Å². The SMILES string of the molecule is C=C[Si]1(C=C)O[Si](C=C)(C=C)O[Si](c2ccccc2)(c2ccccc2)O[Si](C=C)(C=C)O1. The van der Waals surface area contributed by atoms with Crippen LogP contribution in [0.4, 0.5) is 0 Å². The van der Waals surface area contributed by atoms with E-state index in [2.05, 4.69) is 39.5 Å². The van der Waals surface area contributed by atoms with E-state index in [0.717, 1.165) is 10.4 Å². The molecule has 3 rings (SSSR count). The van der Waals surface area contributed by atoms with Crippen LogP contribution in [0.2, 0.25) is 0 Å². The van der Waals surface area contributed by atoms with Gasteiger partial charge < -0.3 is 16.5 Å². The van der Waals surface area contributed by atoms with E-state index in [1.807, 2.05) is 60.7 Å². The van der Waals surface area contributed by atoms with Crippen LogP contribution in [0.25, 0.3) is 0 Å². The van der Waals surface area contributed by atoms with Gasteiger partial charge in [-0.25, -0.2) is 0 Å². The lowest BCUT2D eigenvalue weighted by molar-refractivity contribution is 0.264. The van der Waals surface area contributed by atoms with Gasteiger partial charge in [0.25, 0.3) is 0 Å². The minimum absolute atomic E-state index is 0.908. The Morgan fingerprint density at radius 1 is 0.438 bits per heavy atom. The van der Waals surface area contributed by atoms with Crippen molar-refractivity contribution in [2.24, 2.45) is 0 Å². The van der Waals surface area contributed by atoms with Crippen molar-refractivity contribution in [2.75, 3.05) is 0 Å². The molecule has 0 radical (unpaired) electrons. The molecule has 32 heavy (non-hydrogen) atoms. The summed E-state index contributed by atoms with van der Waals surface area (Å²) in [6, 6.07) is 19.8. The normalized spacial score (nSPS) is 20.5. The molecule has 0 unspecified atom stereocenters. The molecule has 0 bridgehead atoms. The lowest BCUT2D eigenvalue weighted by Crippen LogP contribution is -2.76. The van der Waals surface area contributed by atoms with Crippen LogP contribution in [0.5, 0.6) is 0 Å². The van der Waals surface area contributed by atoms with Crippen molar-refractivity contribution < 1.29 is 16.5 Å². The summed E-state index contributed by atoms with van der Waals surface area (Å²) >= 11 is 0. The summed E-state index contributed by atoms with van der Waals surface area (Å²) in [6.07, 6.45) is 0. The van der Waals surface area contributed by atoms with Crippen LogP contribution in [-0.2, 0) is 16.5 Å². The first-order chi connectivity index (χ1) is 15.4. The smallest absolute Gasteiger partial charge is 0.390 e. The standard InChI is InChI=1S/C24H28O4Si4/c1-7-29(8-2)25-30(9-3,10-4)27-32(23-19-15-13-16-20-23,24-21-17-14-18-22-24)28-31(11-5,12-6)26-29/h7-22H,1-6H2. The summed E-state index contributed by atoms with van der Waals surface area (Å²) in [4.78, 5) is 0. The maximum Gasteiger partial charge on any atom is 0.390 e. The first-order valence-electron chi connectivity index (χ1n) is 10.1. The maximum absolute atomic E-state index is 7.05. The Balaban J connectivity index is 2.40. The monoisotopic (exact) mass is 492 g/mol. The van der Waals surface area contributed by atoms with Gasteiger partial charge in [0.2, 0.25) is 0 Å². The highest BCUT2D eigenvalue weighted by Gasteiger charge is 2.60. The molecule has 4 nitrogen and oxygen atoms in total. The fourth-order valence-corrected chi connectivity index (χ4v) is 21.2. The summed E-state index contributed by atoms with van der Waals surface area (Å²) in [6.45, 7) is 24.1. The number of hydrogen-bond acceptors (Lipinski definition) is 4. The van der Waals surface area contributed by atoms with E-state index in [4.69, 9.17) is 16.5 Å². The molecule has 0 atom stereocenters. The second kappa shape index (κ2) is 9.61. The van der Waals surface area contributed by atoms with Crippen LogP contribution in [0, 0.1) is 0 Å². The van der Waals surface area contributed by atoms with Gasteiger partial charge >= 0.3 is 34.2 Å². The molecular formula is C24H28O4Si4. The first kappa shape index (κ1) is 24.2. The molecule has 2 aromatic carbocycles. The van der Waals surface area contributed by atoms with Gasteiger partial charge in [0.15, 0.2) is 0 Å². The second-order valence-corrected chi connectivity index (χ2v) is 19.6. The van der Waals surface area contributed by atoms with Crippen molar-refractivity contribution in [3.05, 3.63) is 134 Å². The Labute approximate surface area is 195 Å². The number of hydrogen-bond donors (Lipinski definition) is 0. The van der Waals surface area contributed by atoms with Crippen molar-refractivity contribution in [1.82, 2.24) is 0 Å². The Bertz CT molecular complexity index is 923. The highest BCUT2D eigenvalue weighted by Crippen LogP contribution is 2.33. The molecule has 2 aromatic rings. The van der Waals surface area contributed by atoms with E-state index in [0.29, 0.717) is 0 Å². The van der Waals surface area contributed by atoms with E-state index in [9.17, 15) is 0 Å². The van der Waals surface area contributed by atoms with Crippen LogP contribution in [0.3, 0.4) is 0 Å². The molecule has 1 heterocycles. The molecule has 1 aliphatic rings. The molecule has 0 saturated carbocycles. The third-order valence-electron chi connectivity index (χ3n) is 5.26. The summed E-state index contributed by atoms with van der Waals surface area (Å²) in [7, 11) is -13.1. The van der Waals surface area contributed by atoms with E-state index in [1.165, 1.54) is 0 Å². The van der Waals surface area contributed by atoms with Crippen molar-refractivity contribution in [3.8, 4) is 0 Å². The minimum Gasteiger partial charge on any atom is -0.403 e. The summed E-state index contributed by atoms with van der Waals surface area (Å²) in [5.41, 5.74) is 10.1. The lowest BCUT2D eigenvalue weighted by Gasteiger charge is -2.49. The van der Waals surface area contributed by atoms with Gasteiger partial charge in [0, 0.05) is 0 Å². The Hall–Kier alpha value is -2.41. The molecule has 0 amide bonds. The van der Waals surface area contributed by atoms with Gasteiger partial charge in [-0.2, -0.15) is 0 Å². The highest BCUT2D eigenvalue weighted by atomic mass is 28.5.